The van der Waals surface area contributed by atoms with Gasteiger partial charge in [0.1, 0.15) is 11.3 Å². The number of rotatable bonds is 7. The molecule has 8 nitrogen and oxygen atoms in total. The zero-order valence-corrected chi connectivity index (χ0v) is 15.9. The Balaban J connectivity index is 1.81. The van der Waals surface area contributed by atoms with E-state index in [4.69, 9.17) is 10.5 Å². The lowest BCUT2D eigenvalue weighted by molar-refractivity contribution is -0.146. The van der Waals surface area contributed by atoms with Gasteiger partial charge in [-0.1, -0.05) is 30.3 Å². The Kier molecular flexibility index (Phi) is 6.23. The number of halogens is 3. The Morgan fingerprint density at radius 1 is 1.19 bits per heavy atom. The van der Waals surface area contributed by atoms with Gasteiger partial charge in [-0.25, -0.2) is 4.79 Å². The Hall–Kier alpha value is -3.89. The van der Waals surface area contributed by atoms with Gasteiger partial charge in [0.05, 0.1) is 6.61 Å². The van der Waals surface area contributed by atoms with Gasteiger partial charge in [-0.2, -0.15) is 18.3 Å². The number of benzene rings is 1. The molecule has 162 valence electrons. The Labute approximate surface area is 173 Å². The minimum absolute atomic E-state index is 0.405. The fourth-order valence-electron chi connectivity index (χ4n) is 3.01. The van der Waals surface area contributed by atoms with Gasteiger partial charge >= 0.3 is 12.1 Å². The number of esters is 1. The molecule has 0 aliphatic rings. The van der Waals surface area contributed by atoms with Crippen LogP contribution in [0.4, 0.5) is 13.2 Å². The number of carbonyl (C=O) groups is 2. The number of pyridine rings is 1. The van der Waals surface area contributed by atoms with E-state index in [1.165, 1.54) is 10.9 Å². The predicted molar refractivity (Wildman–Crippen MR) is 102 cm³/mol. The fraction of sp³-hybridized carbons (Fsp3) is 0.200. The van der Waals surface area contributed by atoms with Crippen LogP contribution in [-0.4, -0.2) is 33.2 Å². The summed E-state index contributed by atoms with van der Waals surface area (Å²) >= 11 is 0. The summed E-state index contributed by atoms with van der Waals surface area (Å²) in [4.78, 5) is 37.4. The Morgan fingerprint density at radius 3 is 2.48 bits per heavy atom. The number of nitrogens with two attached hydrogens (primary N) is 1. The highest BCUT2D eigenvalue weighted by Crippen LogP contribution is 2.30. The van der Waals surface area contributed by atoms with E-state index >= 15 is 0 Å². The summed E-state index contributed by atoms with van der Waals surface area (Å²) in [5, 5.41) is 4.04. The van der Waals surface area contributed by atoms with Crippen molar-refractivity contribution in [3.63, 3.8) is 0 Å². The van der Waals surface area contributed by atoms with Crippen LogP contribution < -0.4 is 11.3 Å². The molecule has 0 saturated heterocycles. The van der Waals surface area contributed by atoms with E-state index in [9.17, 15) is 27.6 Å². The van der Waals surface area contributed by atoms with E-state index in [0.29, 0.717) is 5.56 Å². The first kappa shape index (κ1) is 21.8. The fourth-order valence-corrected chi connectivity index (χ4v) is 3.01. The molecule has 3 aromatic rings. The smallest absolute Gasteiger partial charge is 0.431 e. The topological polar surface area (TPSA) is 120 Å². The second kappa shape index (κ2) is 8.86. The summed E-state index contributed by atoms with van der Waals surface area (Å²) < 4.78 is 46.4. The van der Waals surface area contributed by atoms with Gasteiger partial charge < -0.3 is 15.5 Å². The highest BCUT2D eigenvalue weighted by molar-refractivity contribution is 5.92. The van der Waals surface area contributed by atoms with Crippen LogP contribution in [0.3, 0.4) is 0 Å². The van der Waals surface area contributed by atoms with Crippen molar-refractivity contribution in [2.45, 2.75) is 18.6 Å². The van der Waals surface area contributed by atoms with E-state index in [1.54, 1.807) is 47.6 Å². The van der Waals surface area contributed by atoms with Crippen molar-refractivity contribution in [2.75, 3.05) is 6.61 Å². The maximum Gasteiger partial charge on any atom is 0.431 e. The maximum atomic E-state index is 13.3. The molecule has 2 heterocycles. The summed E-state index contributed by atoms with van der Waals surface area (Å²) in [7, 11) is 0. The van der Waals surface area contributed by atoms with Gasteiger partial charge in [0.15, 0.2) is 6.04 Å². The predicted octanol–water partition coefficient (Wildman–Crippen LogP) is 2.06. The van der Waals surface area contributed by atoms with Crippen molar-refractivity contribution < 1.29 is 27.5 Å². The number of aromatic nitrogens is 3. The summed E-state index contributed by atoms with van der Waals surface area (Å²) in [6, 6.07) is 10.0. The normalized spacial score (nSPS) is 12.4. The van der Waals surface area contributed by atoms with Gasteiger partial charge in [0.25, 0.3) is 11.5 Å². The molecule has 1 unspecified atom stereocenters. The lowest BCUT2D eigenvalue weighted by Crippen LogP contribution is -2.28. The summed E-state index contributed by atoms with van der Waals surface area (Å²) in [5.74, 6) is -1.90. The van der Waals surface area contributed by atoms with Crippen LogP contribution in [0.1, 0.15) is 33.2 Å². The molecule has 1 amide bonds. The SMILES string of the molecule is NC(=O)c1cc(CCOC(=O)C(c2ccccc2)n2cccn2)c(C(F)(F)F)[nH]c1=O. The molecule has 2 aromatic heterocycles. The minimum Gasteiger partial charge on any atom is -0.463 e. The number of nitrogens with zero attached hydrogens (tertiary/aromatic N) is 2. The zero-order chi connectivity index (χ0) is 22.6. The van der Waals surface area contributed by atoms with Crippen molar-refractivity contribution in [3.05, 3.63) is 87.6 Å². The Morgan fingerprint density at radius 2 is 1.90 bits per heavy atom. The first-order chi connectivity index (χ1) is 14.7. The lowest BCUT2D eigenvalue weighted by Gasteiger charge is -2.18. The average molecular weight is 434 g/mol. The molecule has 0 aliphatic carbocycles. The van der Waals surface area contributed by atoms with E-state index in [2.05, 4.69) is 5.10 Å². The number of carbonyl (C=O) groups excluding carboxylic acids is 2. The molecule has 3 N–H and O–H groups in total. The largest absolute Gasteiger partial charge is 0.463 e. The summed E-state index contributed by atoms with van der Waals surface area (Å²) in [6.07, 6.45) is -2.25. The molecule has 31 heavy (non-hydrogen) atoms. The molecule has 1 aromatic carbocycles. The third-order valence-electron chi connectivity index (χ3n) is 4.42. The van der Waals surface area contributed by atoms with Crippen LogP contribution in [0, 0.1) is 0 Å². The van der Waals surface area contributed by atoms with Crippen LogP contribution in [0.25, 0.3) is 0 Å². The number of ether oxygens (including phenoxy) is 1. The molecule has 0 radical (unpaired) electrons. The number of hydrogen-bond donors (Lipinski definition) is 2. The third kappa shape index (κ3) is 5.00. The van der Waals surface area contributed by atoms with Crippen LogP contribution in [0.5, 0.6) is 0 Å². The molecule has 0 saturated carbocycles. The van der Waals surface area contributed by atoms with Gasteiger partial charge in [0, 0.05) is 18.8 Å². The van der Waals surface area contributed by atoms with E-state index in [1.807, 2.05) is 0 Å². The number of alkyl halides is 3. The number of nitrogens with one attached hydrogen (secondary N) is 1. The van der Waals surface area contributed by atoms with Gasteiger partial charge in [-0.3, -0.25) is 14.3 Å². The molecular weight excluding hydrogens is 417 g/mol. The van der Waals surface area contributed by atoms with Crippen molar-refractivity contribution >= 4 is 11.9 Å². The summed E-state index contributed by atoms with van der Waals surface area (Å²) in [6.45, 7) is -0.434. The van der Waals surface area contributed by atoms with Gasteiger partial charge in [-0.15, -0.1) is 0 Å². The molecule has 0 fully saturated rings. The first-order valence-corrected chi connectivity index (χ1v) is 9.02. The van der Waals surface area contributed by atoms with Crippen LogP contribution >= 0.6 is 0 Å². The quantitative estimate of drug-likeness (QED) is 0.552. The Bertz CT molecular complexity index is 1130. The summed E-state index contributed by atoms with van der Waals surface area (Å²) in [5.41, 5.74) is 2.00. The standard InChI is InChI=1S/C20H17F3N4O4/c21-20(22,23)16-13(11-14(17(24)28)18(29)26-16)7-10-31-19(30)15(27-9-4-8-25-27)12-5-2-1-3-6-12/h1-6,8-9,11,15H,7,10H2,(H2,24,28)(H,26,29). The molecule has 3 rings (SSSR count). The van der Waals surface area contributed by atoms with Crippen molar-refractivity contribution in [3.8, 4) is 0 Å². The second-order valence-corrected chi connectivity index (χ2v) is 6.49. The van der Waals surface area contributed by atoms with E-state index in [-0.39, 0.29) is 0 Å². The molecule has 0 bridgehead atoms. The van der Waals surface area contributed by atoms with E-state index < -0.39 is 59.5 Å². The van der Waals surface area contributed by atoms with Gasteiger partial charge in [0.2, 0.25) is 0 Å². The van der Waals surface area contributed by atoms with Crippen molar-refractivity contribution in [2.24, 2.45) is 5.73 Å². The molecule has 1 atom stereocenters. The number of hydrogen-bond acceptors (Lipinski definition) is 5. The molecule has 0 aliphatic heterocycles. The highest BCUT2D eigenvalue weighted by Gasteiger charge is 2.35. The zero-order valence-electron chi connectivity index (χ0n) is 15.9. The average Bonchev–Trinajstić information content (AvgIpc) is 3.23. The lowest BCUT2D eigenvalue weighted by atomic mass is 10.1. The number of H-pyrrole nitrogens is 1. The van der Waals surface area contributed by atoms with Crippen LogP contribution in [0.2, 0.25) is 0 Å². The number of aromatic amines is 1. The monoisotopic (exact) mass is 434 g/mol. The van der Waals surface area contributed by atoms with Crippen LogP contribution in [-0.2, 0) is 22.1 Å². The second-order valence-electron chi connectivity index (χ2n) is 6.49. The van der Waals surface area contributed by atoms with Crippen molar-refractivity contribution in [1.29, 1.82) is 0 Å². The van der Waals surface area contributed by atoms with Crippen molar-refractivity contribution in [1.82, 2.24) is 14.8 Å². The van der Waals surface area contributed by atoms with Gasteiger partial charge in [-0.05, 0) is 23.3 Å². The first-order valence-electron chi connectivity index (χ1n) is 9.02. The van der Waals surface area contributed by atoms with Crippen LogP contribution in [0.15, 0.2) is 59.7 Å². The highest BCUT2D eigenvalue weighted by atomic mass is 19.4. The molecule has 0 spiro atoms. The number of amides is 1. The number of primary amides is 1. The third-order valence-corrected chi connectivity index (χ3v) is 4.42. The molecular formula is C20H17F3N4O4. The minimum atomic E-state index is -4.88. The van der Waals surface area contributed by atoms with E-state index in [0.717, 1.165) is 6.07 Å². The maximum absolute atomic E-state index is 13.3. The molecule has 11 heteroatoms.